The van der Waals surface area contributed by atoms with Crippen molar-refractivity contribution in [2.24, 2.45) is 0 Å². The molecule has 0 saturated heterocycles. The highest BCUT2D eigenvalue weighted by Gasteiger charge is 2.25. The Morgan fingerprint density at radius 3 is 3.00 bits per heavy atom. The normalized spacial score (nSPS) is 14.3. The van der Waals surface area contributed by atoms with Crippen LogP contribution < -0.4 is 4.90 Å². The molecule has 0 unspecified atom stereocenters. The Balaban J connectivity index is 1.61. The number of hydrogen-bond acceptors (Lipinski definition) is 6. The van der Waals surface area contributed by atoms with Gasteiger partial charge in [0.1, 0.15) is 11.5 Å². The zero-order valence-corrected chi connectivity index (χ0v) is 14.7. The van der Waals surface area contributed by atoms with Crippen LogP contribution in [-0.2, 0) is 13.1 Å². The van der Waals surface area contributed by atoms with E-state index in [1.54, 1.807) is 29.8 Å². The fraction of sp³-hybridized carbons (Fsp3) is 0.294. The lowest BCUT2D eigenvalue weighted by Crippen LogP contribution is -2.35. The Morgan fingerprint density at radius 2 is 2.24 bits per heavy atom. The van der Waals surface area contributed by atoms with Gasteiger partial charge in [-0.05, 0) is 19.1 Å². The quantitative estimate of drug-likeness (QED) is 0.780. The third kappa shape index (κ3) is 3.25. The van der Waals surface area contributed by atoms with Crippen LogP contribution in [0.3, 0.4) is 0 Å². The zero-order chi connectivity index (χ0) is 17.2. The van der Waals surface area contributed by atoms with Gasteiger partial charge in [0.15, 0.2) is 0 Å². The molecular weight excluding hydrogens is 336 g/mol. The first-order valence-electron chi connectivity index (χ1n) is 8.09. The Kier molecular flexibility index (Phi) is 4.19. The predicted molar refractivity (Wildman–Crippen MR) is 95.5 cm³/mol. The number of aryl methyl sites for hydroxylation is 1. The van der Waals surface area contributed by atoms with Gasteiger partial charge in [0.2, 0.25) is 0 Å². The largest absolute Gasteiger partial charge is 0.349 e. The number of anilines is 1. The van der Waals surface area contributed by atoms with Crippen LogP contribution in [-0.4, -0.2) is 44.1 Å². The molecule has 25 heavy (non-hydrogen) atoms. The minimum Gasteiger partial charge on any atom is -0.349 e. The molecule has 1 N–H and O–H groups in total. The van der Waals surface area contributed by atoms with Crippen molar-refractivity contribution in [1.29, 1.82) is 0 Å². The molecule has 4 heterocycles. The Bertz CT molecular complexity index is 875. The van der Waals surface area contributed by atoms with Crippen LogP contribution in [0.25, 0.3) is 0 Å². The van der Waals surface area contributed by atoms with Crippen LogP contribution in [0.5, 0.6) is 0 Å². The number of carbonyl (C=O) groups is 1. The first-order valence-corrected chi connectivity index (χ1v) is 8.97. The van der Waals surface area contributed by atoms with Crippen molar-refractivity contribution < 1.29 is 4.79 Å². The van der Waals surface area contributed by atoms with Gasteiger partial charge >= 0.3 is 0 Å². The monoisotopic (exact) mass is 354 g/mol. The third-order valence-electron chi connectivity index (χ3n) is 4.21. The van der Waals surface area contributed by atoms with Crippen LogP contribution in [0.2, 0.25) is 0 Å². The lowest BCUT2D eigenvalue weighted by atomic mass is 10.2. The highest BCUT2D eigenvalue weighted by molar-refractivity contribution is 7.09. The van der Waals surface area contributed by atoms with Gasteiger partial charge in [-0.3, -0.25) is 9.89 Å². The number of carbonyl (C=O) groups excluding carboxylic acids is 1. The third-order valence-corrected chi connectivity index (χ3v) is 5.03. The second-order valence-corrected chi connectivity index (χ2v) is 7.02. The molecule has 1 aliphatic rings. The molecule has 0 fully saturated rings. The molecule has 1 amide bonds. The molecule has 0 radical (unpaired) electrons. The van der Waals surface area contributed by atoms with E-state index in [0.29, 0.717) is 31.9 Å². The first kappa shape index (κ1) is 15.8. The number of H-pyrrole nitrogens is 1. The van der Waals surface area contributed by atoms with Gasteiger partial charge < -0.3 is 9.80 Å². The fourth-order valence-electron chi connectivity index (χ4n) is 3.02. The van der Waals surface area contributed by atoms with E-state index in [1.165, 1.54) is 0 Å². The molecule has 0 saturated carbocycles. The number of nitrogens with one attached hydrogen (secondary N) is 1. The maximum atomic E-state index is 12.7. The van der Waals surface area contributed by atoms with Crippen LogP contribution in [0.4, 0.5) is 5.82 Å². The van der Waals surface area contributed by atoms with Gasteiger partial charge in [0, 0.05) is 43.0 Å². The highest BCUT2D eigenvalue weighted by Crippen LogP contribution is 2.25. The van der Waals surface area contributed by atoms with E-state index in [2.05, 4.69) is 30.4 Å². The molecule has 128 valence electrons. The topological polar surface area (TPSA) is 78.0 Å². The summed E-state index contributed by atoms with van der Waals surface area (Å²) in [6, 6.07) is 5.64. The van der Waals surface area contributed by atoms with Gasteiger partial charge in [-0.25, -0.2) is 9.97 Å². The minimum atomic E-state index is -0.0429. The van der Waals surface area contributed by atoms with E-state index in [4.69, 9.17) is 0 Å². The fourth-order valence-corrected chi connectivity index (χ4v) is 3.62. The molecule has 0 bridgehead atoms. The molecule has 7 nitrogen and oxygen atoms in total. The number of amides is 1. The van der Waals surface area contributed by atoms with Gasteiger partial charge in [-0.1, -0.05) is 6.07 Å². The Labute approximate surface area is 149 Å². The van der Waals surface area contributed by atoms with Crippen molar-refractivity contribution in [3.8, 4) is 0 Å². The predicted octanol–water partition coefficient (Wildman–Crippen LogP) is 2.23. The lowest BCUT2D eigenvalue weighted by molar-refractivity contribution is 0.0745. The number of aromatic amines is 1. The molecule has 1 aliphatic heterocycles. The Hall–Kier alpha value is -2.74. The standard InChI is InChI=1S/C17H18N6OS/c1-12-20-14(11-25-12)10-22-7-8-23(17(24)15-4-6-19-21-15)9-13-3-2-5-18-16(13)22/h2-6,11H,7-10H2,1H3,(H,19,21). The minimum absolute atomic E-state index is 0.0429. The van der Waals surface area contributed by atoms with Gasteiger partial charge in [-0.15, -0.1) is 11.3 Å². The summed E-state index contributed by atoms with van der Waals surface area (Å²) in [5, 5.41) is 9.77. The number of pyridine rings is 1. The number of aromatic nitrogens is 4. The average Bonchev–Trinajstić information content (AvgIpc) is 3.25. The maximum absolute atomic E-state index is 12.7. The molecule has 3 aromatic heterocycles. The van der Waals surface area contributed by atoms with E-state index in [-0.39, 0.29) is 5.91 Å². The number of hydrogen-bond donors (Lipinski definition) is 1. The van der Waals surface area contributed by atoms with Crippen LogP contribution in [0.1, 0.15) is 26.8 Å². The summed E-state index contributed by atoms with van der Waals surface area (Å²) in [6.45, 7) is 4.57. The van der Waals surface area contributed by atoms with E-state index in [9.17, 15) is 4.79 Å². The first-order chi connectivity index (χ1) is 12.2. The molecule has 4 rings (SSSR count). The second kappa shape index (κ2) is 6.64. The van der Waals surface area contributed by atoms with Crippen molar-refractivity contribution in [2.75, 3.05) is 18.0 Å². The molecule has 8 heteroatoms. The summed E-state index contributed by atoms with van der Waals surface area (Å²) in [7, 11) is 0. The summed E-state index contributed by atoms with van der Waals surface area (Å²) in [5.41, 5.74) is 2.58. The van der Waals surface area contributed by atoms with E-state index >= 15 is 0 Å². The lowest BCUT2D eigenvalue weighted by Gasteiger charge is -2.22. The van der Waals surface area contributed by atoms with E-state index in [0.717, 1.165) is 22.1 Å². The molecule has 3 aromatic rings. The number of fused-ring (bicyclic) bond motifs is 1. The van der Waals surface area contributed by atoms with Crippen molar-refractivity contribution in [3.05, 3.63) is 57.9 Å². The maximum Gasteiger partial charge on any atom is 0.272 e. The van der Waals surface area contributed by atoms with Gasteiger partial charge in [0.25, 0.3) is 5.91 Å². The molecular formula is C17H18N6OS. The van der Waals surface area contributed by atoms with E-state index < -0.39 is 0 Å². The molecule has 0 spiro atoms. The summed E-state index contributed by atoms with van der Waals surface area (Å²) >= 11 is 1.65. The van der Waals surface area contributed by atoms with Crippen LogP contribution >= 0.6 is 11.3 Å². The average molecular weight is 354 g/mol. The van der Waals surface area contributed by atoms with Gasteiger partial charge in [-0.2, -0.15) is 5.10 Å². The number of nitrogens with zero attached hydrogens (tertiary/aromatic N) is 5. The van der Waals surface area contributed by atoms with Crippen molar-refractivity contribution in [2.45, 2.75) is 20.0 Å². The second-order valence-electron chi connectivity index (χ2n) is 5.96. The Morgan fingerprint density at radius 1 is 1.32 bits per heavy atom. The number of rotatable bonds is 3. The summed E-state index contributed by atoms with van der Waals surface area (Å²) in [5.74, 6) is 0.881. The smallest absolute Gasteiger partial charge is 0.272 e. The highest BCUT2D eigenvalue weighted by atomic mass is 32.1. The molecule has 0 atom stereocenters. The van der Waals surface area contributed by atoms with Crippen LogP contribution in [0, 0.1) is 6.92 Å². The summed E-state index contributed by atoms with van der Waals surface area (Å²) in [6.07, 6.45) is 3.39. The van der Waals surface area contributed by atoms with Gasteiger partial charge in [0.05, 0.1) is 17.2 Å². The van der Waals surface area contributed by atoms with Crippen molar-refractivity contribution >= 4 is 23.1 Å². The van der Waals surface area contributed by atoms with Crippen LogP contribution in [0.15, 0.2) is 36.0 Å². The van der Waals surface area contributed by atoms with Crippen molar-refractivity contribution in [3.63, 3.8) is 0 Å². The molecule has 0 aromatic carbocycles. The zero-order valence-electron chi connectivity index (χ0n) is 13.8. The van der Waals surface area contributed by atoms with Crippen molar-refractivity contribution in [1.82, 2.24) is 25.1 Å². The van der Waals surface area contributed by atoms with E-state index in [1.807, 2.05) is 24.0 Å². The number of thiazole rings is 1. The summed E-state index contributed by atoms with van der Waals surface area (Å²) in [4.78, 5) is 25.9. The summed E-state index contributed by atoms with van der Waals surface area (Å²) < 4.78 is 0. The SMILES string of the molecule is Cc1nc(CN2CCN(C(=O)c3ccn[nH]3)Cc3cccnc32)cs1. The molecule has 0 aliphatic carbocycles.